The molecule has 9 rings (SSSR count). The van der Waals surface area contributed by atoms with Gasteiger partial charge in [-0.25, -0.2) is 4.79 Å². The predicted octanol–water partition coefficient (Wildman–Crippen LogP) is 12.4. The van der Waals surface area contributed by atoms with Crippen LogP contribution in [0.4, 0.5) is 0 Å². The van der Waals surface area contributed by atoms with Crippen LogP contribution in [0.25, 0.3) is 12.2 Å². The summed E-state index contributed by atoms with van der Waals surface area (Å²) in [4.78, 5) is 38.9. The lowest BCUT2D eigenvalue weighted by Gasteiger charge is -2.58. The number of hydrogen-bond donors (Lipinski definition) is 4. The number of aliphatic hydroxyl groups excluding tert-OH is 1. The number of benzene rings is 2. The van der Waals surface area contributed by atoms with Crippen LogP contribution in [-0.4, -0.2) is 133 Å². The van der Waals surface area contributed by atoms with Crippen LogP contribution in [0.3, 0.4) is 0 Å². The van der Waals surface area contributed by atoms with Gasteiger partial charge in [-0.1, -0.05) is 114 Å². The highest BCUT2D eigenvalue weighted by atomic mass is 16.7. The van der Waals surface area contributed by atoms with Crippen LogP contribution in [-0.2, 0) is 55.8 Å². The maximum Gasteiger partial charge on any atom is 0.332 e. The van der Waals surface area contributed by atoms with Gasteiger partial charge in [0, 0.05) is 56.5 Å². The number of rotatable bonds is 33. The van der Waals surface area contributed by atoms with E-state index in [1.54, 1.807) is 47.3 Å². The van der Waals surface area contributed by atoms with Crippen LogP contribution in [0.5, 0.6) is 23.0 Å². The van der Waals surface area contributed by atoms with Crippen molar-refractivity contribution in [1.29, 1.82) is 0 Å². The molecule has 5 fully saturated rings. The van der Waals surface area contributed by atoms with Gasteiger partial charge in [0.05, 0.1) is 65.7 Å². The van der Waals surface area contributed by atoms with Gasteiger partial charge >= 0.3 is 5.97 Å². The Kier molecular flexibility index (Phi) is 24.1. The van der Waals surface area contributed by atoms with E-state index in [1.165, 1.54) is 69.8 Å². The highest BCUT2D eigenvalue weighted by molar-refractivity contribution is 6.07. The number of aliphatic hydroxyl groups is 1. The lowest BCUT2D eigenvalue weighted by atomic mass is 9.47. The fourth-order valence-corrected chi connectivity index (χ4v) is 15.9. The number of fused-ring (bicyclic) bond motifs is 7. The van der Waals surface area contributed by atoms with E-state index in [1.807, 2.05) is 0 Å². The average molecular weight is 1230 g/mol. The van der Waals surface area contributed by atoms with Crippen LogP contribution < -0.4 is 14.8 Å². The van der Waals surface area contributed by atoms with Crippen molar-refractivity contribution in [2.75, 3.05) is 67.0 Å². The highest BCUT2D eigenvalue weighted by Gasteiger charge is 2.68. The SMILES string of the molecule is COc1cc(/C=C/C(=O)C(Cc2cn(CCCCCCCCCCCC(=O)NCCOCCOCCOCC(=O)O[C@H]3CC[C@@]4(C)C(=CC[C@H]5[C@@H]6C[C@@H]7O[C@]8(CC[C@@H](C)CO8)[C@@H](C)[C@@H]7[C@@]6(C)CC[C@@H]54)C3)nn2)=C(O)/C=C/c2ccc(O)c(OC)c2)ccc1O. The number of esters is 1. The minimum Gasteiger partial charge on any atom is -0.508 e. The summed E-state index contributed by atoms with van der Waals surface area (Å²) in [5, 5.41) is 42.7. The number of aromatic nitrogens is 3. The number of phenolic OH excluding ortho intramolecular Hbond substituents is 2. The molecule has 2 saturated heterocycles. The molecule has 2 aliphatic heterocycles. The Morgan fingerprint density at radius 2 is 1.45 bits per heavy atom. The number of ketones is 1. The van der Waals surface area contributed by atoms with Crippen molar-refractivity contribution >= 4 is 29.8 Å². The molecule has 89 heavy (non-hydrogen) atoms. The van der Waals surface area contributed by atoms with Crippen LogP contribution in [0.2, 0.25) is 0 Å². The number of nitrogens with one attached hydrogen (secondary N) is 1. The zero-order valence-electron chi connectivity index (χ0n) is 53.7. The molecule has 1 spiro atoms. The zero-order chi connectivity index (χ0) is 63.0. The summed E-state index contributed by atoms with van der Waals surface area (Å²) in [5.41, 5.74) is 3.86. The predicted molar refractivity (Wildman–Crippen MR) is 339 cm³/mol. The number of aromatic hydroxyl groups is 2. The van der Waals surface area contributed by atoms with Crippen LogP contribution >= 0.6 is 0 Å². The van der Waals surface area contributed by atoms with Gasteiger partial charge in [-0.15, -0.1) is 5.10 Å². The van der Waals surface area contributed by atoms with E-state index in [4.69, 9.17) is 37.9 Å². The number of ether oxygens (including phenoxy) is 8. The summed E-state index contributed by atoms with van der Waals surface area (Å²) in [6, 6.07) is 9.48. The maximum atomic E-state index is 13.6. The van der Waals surface area contributed by atoms with Gasteiger partial charge in [0.2, 0.25) is 5.91 Å². The largest absolute Gasteiger partial charge is 0.508 e. The third kappa shape index (κ3) is 17.1. The number of unbranched alkanes of at least 4 members (excludes halogenated alkanes) is 8. The lowest BCUT2D eigenvalue weighted by molar-refractivity contribution is -0.272. The van der Waals surface area contributed by atoms with Crippen molar-refractivity contribution in [3.8, 4) is 23.0 Å². The molecule has 4 N–H and O–H groups in total. The number of methoxy groups -OCH3 is 2. The summed E-state index contributed by atoms with van der Waals surface area (Å²) < 4.78 is 48.6. The molecule has 0 bridgehead atoms. The van der Waals surface area contributed by atoms with Crippen molar-refractivity contribution < 1.29 is 67.6 Å². The minimum absolute atomic E-state index is 0.0166. The van der Waals surface area contributed by atoms with Crippen molar-refractivity contribution in [3.05, 3.63) is 94.5 Å². The van der Waals surface area contributed by atoms with Crippen molar-refractivity contribution in [1.82, 2.24) is 20.3 Å². The quantitative estimate of drug-likeness (QED) is 0.0111. The lowest BCUT2D eigenvalue weighted by Crippen LogP contribution is -2.52. The van der Waals surface area contributed by atoms with E-state index in [2.05, 4.69) is 49.4 Å². The molecule has 4 aliphatic carbocycles. The van der Waals surface area contributed by atoms with Crippen LogP contribution in [0.1, 0.15) is 167 Å². The number of allylic oxidation sites excluding steroid dienone is 4. The molecule has 3 heterocycles. The molecule has 1 amide bonds. The van der Waals surface area contributed by atoms with E-state index in [-0.39, 0.29) is 76.5 Å². The summed E-state index contributed by atoms with van der Waals surface area (Å²) in [6.45, 7) is 13.5. The summed E-state index contributed by atoms with van der Waals surface area (Å²) in [5.74, 6) is 2.82. The first-order valence-electron chi connectivity index (χ1n) is 33.2. The van der Waals surface area contributed by atoms with E-state index in [9.17, 15) is 29.7 Å². The van der Waals surface area contributed by atoms with Gasteiger partial charge in [-0.2, -0.15) is 0 Å². The summed E-state index contributed by atoms with van der Waals surface area (Å²) in [7, 11) is 2.89. The third-order valence-corrected chi connectivity index (χ3v) is 20.8. The number of phenols is 2. The second kappa shape index (κ2) is 31.8. The maximum absolute atomic E-state index is 13.6. The fraction of sp³-hybridized carbons (Fsp3) is 0.648. The van der Waals surface area contributed by atoms with Crippen molar-refractivity contribution in [2.45, 2.75) is 181 Å². The second-order valence-electron chi connectivity index (χ2n) is 26.6. The molecule has 488 valence electrons. The topological polar surface area (TPSA) is 228 Å². The molecule has 3 saturated carbocycles. The van der Waals surface area contributed by atoms with Crippen LogP contribution in [0, 0.1) is 46.3 Å². The standard InChI is InChI=1S/C71H100N4O14/c1-48-27-32-71(87-46-48)49(2)68-65(89-71)44-58-55-22-21-52-42-54(28-30-69(52,3)57(55)29-31-70(58,68)4)88-67(81)47-86-39-38-85-37-36-84-35-33-72-66(80)16-14-12-10-8-7-9-11-13-15-34-75-45-53(73-74-75)43-56(59(76)23-17-50-19-25-61(78)63(40-50)82-5)60(77)24-18-51-20-26-62(79)64(41-51)83-6/h17-21,23-26,40-41,45,48-49,54-55,57-58,65,68,76,78-79H,7-16,22,27-39,42-44,46-47H2,1-6H3,(H,72,80)/b23-17+,24-18+,59-56?/t48-,49+,54+,55-,57+,58+,65+,68+,69+,70+,71-/m1/s1. The van der Waals surface area contributed by atoms with Gasteiger partial charge < -0.3 is 58.5 Å². The number of nitrogens with zero attached hydrogens (tertiary/aromatic N) is 3. The molecule has 0 radical (unpaired) electrons. The number of carbonyl (C=O) groups excluding carboxylic acids is 3. The average Bonchev–Trinajstić information content (AvgIpc) is 1.57. The Morgan fingerprint density at radius 3 is 2.13 bits per heavy atom. The molecule has 6 aliphatic rings. The summed E-state index contributed by atoms with van der Waals surface area (Å²) in [6.07, 6.45) is 30.3. The molecule has 3 aromatic rings. The van der Waals surface area contributed by atoms with E-state index >= 15 is 0 Å². The van der Waals surface area contributed by atoms with Gasteiger partial charge in [-0.3, -0.25) is 14.3 Å². The van der Waals surface area contributed by atoms with Gasteiger partial charge in [0.1, 0.15) is 18.5 Å². The number of amides is 1. The number of hydrogen-bond acceptors (Lipinski definition) is 16. The van der Waals surface area contributed by atoms with Crippen LogP contribution in [0.15, 0.2) is 77.7 Å². The zero-order valence-corrected chi connectivity index (χ0v) is 53.7. The van der Waals surface area contributed by atoms with E-state index < -0.39 is 5.78 Å². The Balaban J connectivity index is 0.558. The Labute approximate surface area is 527 Å². The molecular weight excluding hydrogens is 1130 g/mol. The smallest absolute Gasteiger partial charge is 0.332 e. The van der Waals surface area contributed by atoms with E-state index in [0.717, 1.165) is 96.5 Å². The first kappa shape index (κ1) is 67.3. The second-order valence-corrected chi connectivity index (χ2v) is 26.6. The Bertz CT molecular complexity index is 2960. The molecular formula is C71H100N4O14. The number of aryl methyl sites for hydroxylation is 1. The Morgan fingerprint density at radius 1 is 0.787 bits per heavy atom. The van der Waals surface area contributed by atoms with Gasteiger partial charge in [0.25, 0.3) is 0 Å². The van der Waals surface area contributed by atoms with E-state index in [0.29, 0.717) is 116 Å². The van der Waals surface area contributed by atoms with Crippen molar-refractivity contribution in [3.63, 3.8) is 0 Å². The third-order valence-electron chi connectivity index (χ3n) is 20.8. The van der Waals surface area contributed by atoms with Gasteiger partial charge in [0.15, 0.2) is 34.6 Å². The monoisotopic (exact) mass is 1230 g/mol. The first-order chi connectivity index (χ1) is 43.0. The van der Waals surface area contributed by atoms with Gasteiger partial charge in [-0.05, 0) is 146 Å². The first-order valence-corrected chi connectivity index (χ1v) is 33.2. The molecule has 18 heteroatoms. The molecule has 18 nitrogen and oxygen atoms in total. The molecule has 2 aromatic carbocycles. The summed E-state index contributed by atoms with van der Waals surface area (Å²) >= 11 is 0. The minimum atomic E-state index is -0.436. The Hall–Kier alpha value is -6.05. The fourth-order valence-electron chi connectivity index (χ4n) is 15.9. The molecule has 1 aromatic heterocycles. The molecule has 11 atom stereocenters. The molecule has 0 unspecified atom stereocenters. The normalized spacial score (nSPS) is 28.2. The highest BCUT2D eigenvalue weighted by Crippen LogP contribution is 2.70. The van der Waals surface area contributed by atoms with Crippen molar-refractivity contribution in [2.24, 2.45) is 46.3 Å². The number of carbonyl (C=O) groups is 3.